The number of benzene rings is 2. The van der Waals surface area contributed by atoms with Crippen molar-refractivity contribution in [2.75, 3.05) is 0 Å². The van der Waals surface area contributed by atoms with Gasteiger partial charge >= 0.3 is 0 Å². The molecule has 0 saturated carbocycles. The van der Waals surface area contributed by atoms with E-state index in [0.29, 0.717) is 0 Å². The van der Waals surface area contributed by atoms with E-state index in [1.165, 1.54) is 0 Å². The Morgan fingerprint density at radius 3 is 2.53 bits per heavy atom. The molecule has 0 saturated heterocycles. The summed E-state index contributed by atoms with van der Waals surface area (Å²) >= 11 is 0. The minimum absolute atomic E-state index is 0.156. The predicted molar refractivity (Wildman–Crippen MR) is 63.3 cm³/mol. The third-order valence-electron chi connectivity index (χ3n) is 2.75. The molecule has 0 heterocycles. The Hall–Kier alpha value is -1.63. The van der Waals surface area contributed by atoms with E-state index >= 15 is 0 Å². The molecule has 2 rings (SSSR count). The molecule has 0 N–H and O–H groups in total. The highest BCUT2D eigenvalue weighted by atomic mass is 16.1. The Labute approximate surface area is 89.7 Å². The van der Waals surface area contributed by atoms with E-state index < -0.39 is 0 Å². The lowest BCUT2D eigenvalue weighted by Gasteiger charge is -2.08. The third-order valence-corrected chi connectivity index (χ3v) is 2.75. The van der Waals surface area contributed by atoms with Crippen molar-refractivity contribution < 1.29 is 4.79 Å². The molecule has 0 aliphatic carbocycles. The Morgan fingerprint density at radius 1 is 1.13 bits per heavy atom. The van der Waals surface area contributed by atoms with Gasteiger partial charge < -0.3 is 0 Å². The van der Waals surface area contributed by atoms with Crippen LogP contribution in [0.2, 0.25) is 0 Å². The van der Waals surface area contributed by atoms with Crippen LogP contribution in [0.4, 0.5) is 0 Å². The molecular formula is C14H14O. The van der Waals surface area contributed by atoms with E-state index in [-0.39, 0.29) is 5.78 Å². The quantitative estimate of drug-likeness (QED) is 0.674. The third kappa shape index (κ3) is 1.65. The van der Waals surface area contributed by atoms with Crippen LogP contribution in [-0.4, -0.2) is 5.78 Å². The monoisotopic (exact) mass is 198 g/mol. The number of carbonyl (C=O) groups is 1. The van der Waals surface area contributed by atoms with Gasteiger partial charge in [-0.25, -0.2) is 0 Å². The number of Topliss-reactive ketones (excluding diaryl/α,β-unsaturated/α-hetero) is 1. The molecule has 0 bridgehead atoms. The van der Waals surface area contributed by atoms with Crippen molar-refractivity contribution in [3.8, 4) is 0 Å². The Morgan fingerprint density at radius 2 is 1.87 bits per heavy atom. The zero-order chi connectivity index (χ0) is 10.8. The van der Waals surface area contributed by atoms with Crippen molar-refractivity contribution in [1.29, 1.82) is 0 Å². The fourth-order valence-corrected chi connectivity index (χ4v) is 2.03. The lowest BCUT2D eigenvalue weighted by molar-refractivity contribution is 0.101. The zero-order valence-corrected chi connectivity index (χ0v) is 9.08. The van der Waals surface area contributed by atoms with Gasteiger partial charge in [-0.3, -0.25) is 4.79 Å². The van der Waals surface area contributed by atoms with Gasteiger partial charge in [0, 0.05) is 5.56 Å². The predicted octanol–water partition coefficient (Wildman–Crippen LogP) is 3.60. The lowest BCUT2D eigenvalue weighted by Crippen LogP contribution is -1.99. The van der Waals surface area contributed by atoms with E-state index in [4.69, 9.17) is 0 Å². The van der Waals surface area contributed by atoms with Crippen LogP contribution in [0, 0.1) is 0 Å². The van der Waals surface area contributed by atoms with Gasteiger partial charge in [-0.15, -0.1) is 0 Å². The van der Waals surface area contributed by atoms with Gasteiger partial charge in [-0.1, -0.05) is 43.3 Å². The first-order valence-corrected chi connectivity index (χ1v) is 5.25. The maximum absolute atomic E-state index is 11.6. The molecule has 1 heteroatoms. The molecule has 0 aliphatic rings. The number of ketones is 1. The number of hydrogen-bond acceptors (Lipinski definition) is 1. The van der Waals surface area contributed by atoms with Crippen LogP contribution in [0.5, 0.6) is 0 Å². The average molecular weight is 198 g/mol. The van der Waals surface area contributed by atoms with E-state index in [0.717, 1.165) is 28.3 Å². The van der Waals surface area contributed by atoms with Crippen molar-refractivity contribution in [3.63, 3.8) is 0 Å². The van der Waals surface area contributed by atoms with Crippen LogP contribution in [0.3, 0.4) is 0 Å². The zero-order valence-electron chi connectivity index (χ0n) is 9.08. The molecule has 0 aromatic heterocycles. The summed E-state index contributed by atoms with van der Waals surface area (Å²) in [6.07, 6.45) is 0.903. The van der Waals surface area contributed by atoms with Crippen LogP contribution >= 0.6 is 0 Å². The highest BCUT2D eigenvalue weighted by molar-refractivity contribution is 6.08. The molecule has 0 fully saturated rings. The van der Waals surface area contributed by atoms with Gasteiger partial charge in [0.1, 0.15) is 0 Å². The molecule has 15 heavy (non-hydrogen) atoms. The summed E-state index contributed by atoms with van der Waals surface area (Å²) in [5.74, 6) is 0.156. The second kappa shape index (κ2) is 3.85. The van der Waals surface area contributed by atoms with E-state index in [1.807, 2.05) is 24.3 Å². The molecule has 76 valence electrons. The minimum atomic E-state index is 0.156. The summed E-state index contributed by atoms with van der Waals surface area (Å²) < 4.78 is 0. The Kier molecular flexibility index (Phi) is 2.55. The molecule has 0 spiro atoms. The van der Waals surface area contributed by atoms with Gasteiger partial charge in [0.05, 0.1) is 0 Å². The molecule has 0 amide bonds. The summed E-state index contributed by atoms with van der Waals surface area (Å²) in [5.41, 5.74) is 2.02. The maximum Gasteiger partial charge on any atom is 0.160 e. The summed E-state index contributed by atoms with van der Waals surface area (Å²) in [5, 5.41) is 2.21. The first kappa shape index (κ1) is 9.91. The number of aryl methyl sites for hydroxylation is 1. The highest BCUT2D eigenvalue weighted by Crippen LogP contribution is 2.23. The Bertz CT molecular complexity index is 512. The highest BCUT2D eigenvalue weighted by Gasteiger charge is 2.09. The minimum Gasteiger partial charge on any atom is -0.294 e. The molecule has 0 atom stereocenters. The van der Waals surface area contributed by atoms with Crippen LogP contribution in [-0.2, 0) is 6.42 Å². The molecule has 0 aliphatic heterocycles. The lowest BCUT2D eigenvalue weighted by atomic mass is 9.95. The fraction of sp³-hybridized carbons (Fsp3) is 0.214. The molecule has 1 nitrogen and oxygen atoms in total. The van der Waals surface area contributed by atoms with Gasteiger partial charge in [-0.05, 0) is 29.7 Å². The van der Waals surface area contributed by atoms with Crippen LogP contribution in [0.15, 0.2) is 36.4 Å². The van der Waals surface area contributed by atoms with Crippen molar-refractivity contribution in [2.24, 2.45) is 0 Å². The first-order chi connectivity index (χ1) is 7.24. The summed E-state index contributed by atoms with van der Waals surface area (Å²) in [6.45, 7) is 3.72. The summed E-state index contributed by atoms with van der Waals surface area (Å²) in [6, 6.07) is 12.2. The van der Waals surface area contributed by atoms with Crippen LogP contribution in [0.1, 0.15) is 29.8 Å². The molecule has 0 unspecified atom stereocenters. The van der Waals surface area contributed by atoms with E-state index in [1.54, 1.807) is 6.92 Å². The number of hydrogen-bond donors (Lipinski definition) is 0. The largest absolute Gasteiger partial charge is 0.294 e. The second-order valence-corrected chi connectivity index (χ2v) is 3.73. The van der Waals surface area contributed by atoms with Crippen LogP contribution < -0.4 is 0 Å². The number of rotatable bonds is 2. The van der Waals surface area contributed by atoms with E-state index in [9.17, 15) is 4.79 Å². The molecule has 2 aromatic carbocycles. The van der Waals surface area contributed by atoms with Crippen LogP contribution in [0.25, 0.3) is 10.8 Å². The van der Waals surface area contributed by atoms with Gasteiger partial charge in [0.2, 0.25) is 0 Å². The SMILES string of the molecule is CCc1ccc2ccccc2c1C(C)=O. The maximum atomic E-state index is 11.6. The molecule has 2 aromatic rings. The van der Waals surface area contributed by atoms with Gasteiger partial charge in [-0.2, -0.15) is 0 Å². The molecular weight excluding hydrogens is 184 g/mol. The standard InChI is InChI=1S/C14H14O/c1-3-11-8-9-12-6-4-5-7-13(12)14(11)10(2)15/h4-9H,3H2,1-2H3. The van der Waals surface area contributed by atoms with Gasteiger partial charge in [0.25, 0.3) is 0 Å². The fourth-order valence-electron chi connectivity index (χ4n) is 2.03. The number of carbonyl (C=O) groups excluding carboxylic acids is 1. The van der Waals surface area contributed by atoms with Crippen molar-refractivity contribution >= 4 is 16.6 Å². The normalized spacial score (nSPS) is 10.5. The smallest absolute Gasteiger partial charge is 0.160 e. The molecule has 0 radical (unpaired) electrons. The topological polar surface area (TPSA) is 17.1 Å². The van der Waals surface area contributed by atoms with E-state index in [2.05, 4.69) is 19.1 Å². The summed E-state index contributed by atoms with van der Waals surface area (Å²) in [7, 11) is 0. The first-order valence-electron chi connectivity index (χ1n) is 5.25. The van der Waals surface area contributed by atoms with Gasteiger partial charge in [0.15, 0.2) is 5.78 Å². The van der Waals surface area contributed by atoms with Crippen molar-refractivity contribution in [1.82, 2.24) is 0 Å². The summed E-state index contributed by atoms with van der Waals surface area (Å²) in [4.78, 5) is 11.6. The van der Waals surface area contributed by atoms with Crippen molar-refractivity contribution in [2.45, 2.75) is 20.3 Å². The number of fused-ring (bicyclic) bond motifs is 1. The second-order valence-electron chi connectivity index (χ2n) is 3.73. The van der Waals surface area contributed by atoms with Crippen molar-refractivity contribution in [3.05, 3.63) is 47.5 Å². The Balaban J connectivity index is 2.85. The average Bonchev–Trinajstić information content (AvgIpc) is 2.27.